The number of guanidine groups is 1. The van der Waals surface area contributed by atoms with Gasteiger partial charge in [0.2, 0.25) is 5.88 Å². The summed E-state index contributed by atoms with van der Waals surface area (Å²) in [6.07, 6.45) is 1.72. The second-order valence-corrected chi connectivity index (χ2v) is 5.21. The third kappa shape index (κ3) is 5.29. The van der Waals surface area contributed by atoms with Crippen LogP contribution < -0.4 is 15.4 Å². The highest BCUT2D eigenvalue weighted by atomic mass is 16.5. The van der Waals surface area contributed by atoms with Crippen LogP contribution in [0.15, 0.2) is 47.6 Å². The molecule has 0 amide bonds. The molecule has 0 unspecified atom stereocenters. The molecule has 5 heteroatoms. The number of aliphatic imine (C=N–C) groups is 1. The number of ether oxygens (including phenoxy) is 1. The highest BCUT2D eigenvalue weighted by molar-refractivity contribution is 5.79. The van der Waals surface area contributed by atoms with E-state index in [2.05, 4.69) is 51.8 Å². The van der Waals surface area contributed by atoms with Crippen molar-refractivity contribution in [3.63, 3.8) is 0 Å². The zero-order chi connectivity index (χ0) is 16.5. The van der Waals surface area contributed by atoms with Crippen molar-refractivity contribution in [2.75, 3.05) is 13.7 Å². The fourth-order valence-electron chi connectivity index (χ4n) is 2.13. The summed E-state index contributed by atoms with van der Waals surface area (Å²) in [5.41, 5.74) is 3.44. The maximum atomic E-state index is 5.27. The average Bonchev–Trinajstić information content (AvgIpc) is 2.59. The van der Waals surface area contributed by atoms with Crippen LogP contribution in [0.5, 0.6) is 5.88 Å². The van der Waals surface area contributed by atoms with Gasteiger partial charge in [0.05, 0.1) is 13.7 Å². The summed E-state index contributed by atoms with van der Waals surface area (Å²) < 4.78 is 5.27. The van der Waals surface area contributed by atoms with Crippen molar-refractivity contribution < 1.29 is 4.74 Å². The Balaban J connectivity index is 2.00. The summed E-state index contributed by atoms with van der Waals surface area (Å²) in [7, 11) is 1.63. The molecule has 23 heavy (non-hydrogen) atoms. The fourth-order valence-corrected chi connectivity index (χ4v) is 2.13. The van der Waals surface area contributed by atoms with E-state index in [0.717, 1.165) is 18.1 Å². The lowest BCUT2D eigenvalue weighted by Gasteiger charge is -2.12. The number of hydrogen-bond acceptors (Lipinski definition) is 3. The summed E-state index contributed by atoms with van der Waals surface area (Å²) in [4.78, 5) is 8.82. The first-order valence-electron chi connectivity index (χ1n) is 7.78. The smallest absolute Gasteiger partial charge is 0.218 e. The van der Waals surface area contributed by atoms with Crippen molar-refractivity contribution in [1.29, 1.82) is 0 Å². The first-order chi connectivity index (χ1) is 11.2. The molecule has 0 aliphatic heterocycles. The maximum absolute atomic E-state index is 5.27. The minimum absolute atomic E-state index is 0.608. The minimum Gasteiger partial charge on any atom is -0.481 e. The molecule has 1 aromatic heterocycles. The second-order valence-electron chi connectivity index (χ2n) is 5.21. The molecule has 0 saturated carbocycles. The maximum Gasteiger partial charge on any atom is 0.218 e. The number of aromatic nitrogens is 1. The van der Waals surface area contributed by atoms with Gasteiger partial charge in [-0.25, -0.2) is 9.98 Å². The van der Waals surface area contributed by atoms with Crippen molar-refractivity contribution >= 4 is 5.96 Å². The topological polar surface area (TPSA) is 58.5 Å². The molecule has 0 fully saturated rings. The summed E-state index contributed by atoms with van der Waals surface area (Å²) in [5, 5.41) is 6.56. The van der Waals surface area contributed by atoms with E-state index in [-0.39, 0.29) is 0 Å². The summed E-state index contributed by atoms with van der Waals surface area (Å²) in [5.74, 6) is 1.41. The monoisotopic (exact) mass is 312 g/mol. The zero-order valence-electron chi connectivity index (χ0n) is 14.0. The summed E-state index contributed by atoms with van der Waals surface area (Å²) in [6, 6.07) is 12.3. The number of aryl methyl sites for hydroxylation is 1. The van der Waals surface area contributed by atoms with E-state index in [0.29, 0.717) is 19.0 Å². The molecule has 2 aromatic rings. The summed E-state index contributed by atoms with van der Waals surface area (Å²) >= 11 is 0. The third-order valence-corrected chi connectivity index (χ3v) is 3.37. The van der Waals surface area contributed by atoms with Crippen LogP contribution >= 0.6 is 0 Å². The number of nitrogens with zero attached hydrogens (tertiary/aromatic N) is 2. The van der Waals surface area contributed by atoms with Crippen molar-refractivity contribution in [2.24, 2.45) is 4.99 Å². The van der Waals surface area contributed by atoms with Crippen molar-refractivity contribution in [2.45, 2.75) is 26.9 Å². The van der Waals surface area contributed by atoms with Crippen molar-refractivity contribution in [3.05, 3.63) is 59.3 Å². The van der Waals surface area contributed by atoms with Crippen LogP contribution in [0.3, 0.4) is 0 Å². The molecular weight excluding hydrogens is 288 g/mol. The molecule has 2 rings (SSSR count). The highest BCUT2D eigenvalue weighted by Crippen LogP contribution is 2.12. The molecule has 122 valence electrons. The van der Waals surface area contributed by atoms with Gasteiger partial charge in [-0.15, -0.1) is 0 Å². The van der Waals surface area contributed by atoms with Crippen LogP contribution in [0.25, 0.3) is 0 Å². The Kier molecular flexibility index (Phi) is 6.41. The predicted molar refractivity (Wildman–Crippen MR) is 93.6 cm³/mol. The molecule has 1 aromatic carbocycles. The predicted octanol–water partition coefficient (Wildman–Crippen LogP) is 2.65. The van der Waals surface area contributed by atoms with Gasteiger partial charge in [-0.1, -0.05) is 35.9 Å². The molecule has 2 N–H and O–H groups in total. The van der Waals surface area contributed by atoms with Crippen LogP contribution in [-0.4, -0.2) is 24.6 Å². The molecule has 0 saturated heterocycles. The molecular formula is C18H24N4O. The molecule has 0 aliphatic rings. The number of hydrogen-bond donors (Lipinski definition) is 2. The van der Waals surface area contributed by atoms with E-state index in [1.807, 2.05) is 19.1 Å². The van der Waals surface area contributed by atoms with Gasteiger partial charge >= 0.3 is 0 Å². The standard InChI is InChI=1S/C18H24N4O/c1-4-19-18(21-12-15-9-7-14(2)8-10-15)22-13-16-6-5-11-20-17(16)23-3/h5-11H,4,12-13H2,1-3H3,(H2,19,21,22). The molecule has 0 radical (unpaired) electrons. The highest BCUT2D eigenvalue weighted by Gasteiger charge is 2.04. The Labute approximate surface area is 137 Å². The number of methoxy groups -OCH3 is 1. The van der Waals surface area contributed by atoms with Crippen LogP contribution in [0, 0.1) is 6.92 Å². The Hall–Kier alpha value is -2.56. The molecule has 5 nitrogen and oxygen atoms in total. The Morgan fingerprint density at radius 1 is 1.17 bits per heavy atom. The molecule has 0 aliphatic carbocycles. The van der Waals surface area contributed by atoms with Crippen molar-refractivity contribution in [1.82, 2.24) is 15.6 Å². The number of benzene rings is 1. The van der Waals surface area contributed by atoms with Crippen LogP contribution in [0.2, 0.25) is 0 Å². The molecule has 0 bridgehead atoms. The second kappa shape index (κ2) is 8.78. The van der Waals surface area contributed by atoms with Gasteiger partial charge in [-0.2, -0.15) is 0 Å². The average molecular weight is 312 g/mol. The first-order valence-corrected chi connectivity index (χ1v) is 7.78. The quantitative estimate of drug-likeness (QED) is 0.636. The van der Waals surface area contributed by atoms with Crippen LogP contribution in [0.4, 0.5) is 0 Å². The zero-order valence-corrected chi connectivity index (χ0v) is 14.0. The van der Waals surface area contributed by atoms with Gasteiger partial charge < -0.3 is 15.4 Å². The van der Waals surface area contributed by atoms with E-state index in [4.69, 9.17) is 4.74 Å². The Morgan fingerprint density at radius 2 is 1.96 bits per heavy atom. The first kappa shape index (κ1) is 16.8. The van der Waals surface area contributed by atoms with Gasteiger partial charge in [-0.3, -0.25) is 0 Å². The number of nitrogens with one attached hydrogen (secondary N) is 2. The lowest BCUT2D eigenvalue weighted by molar-refractivity contribution is 0.392. The van der Waals surface area contributed by atoms with Crippen LogP contribution in [-0.2, 0) is 13.1 Å². The summed E-state index contributed by atoms with van der Waals surface area (Å²) in [6.45, 7) is 6.19. The van der Waals surface area contributed by atoms with Gasteiger partial charge in [0.15, 0.2) is 5.96 Å². The van der Waals surface area contributed by atoms with Gasteiger partial charge in [-0.05, 0) is 25.5 Å². The third-order valence-electron chi connectivity index (χ3n) is 3.37. The fraction of sp³-hybridized carbons (Fsp3) is 0.333. The number of rotatable bonds is 6. The van der Waals surface area contributed by atoms with Crippen molar-refractivity contribution in [3.8, 4) is 5.88 Å². The van der Waals surface area contributed by atoms with Gasteiger partial charge in [0.1, 0.15) is 0 Å². The van der Waals surface area contributed by atoms with E-state index in [1.165, 1.54) is 11.1 Å². The molecule has 0 spiro atoms. The Bertz CT molecular complexity index is 638. The van der Waals surface area contributed by atoms with Gasteiger partial charge in [0.25, 0.3) is 0 Å². The molecule has 1 heterocycles. The largest absolute Gasteiger partial charge is 0.481 e. The SMILES string of the molecule is CCNC(=NCc1ccc(C)cc1)NCc1cccnc1OC. The Morgan fingerprint density at radius 3 is 2.65 bits per heavy atom. The van der Waals surface area contributed by atoms with E-state index in [1.54, 1.807) is 13.3 Å². The van der Waals surface area contributed by atoms with Crippen LogP contribution in [0.1, 0.15) is 23.6 Å². The number of pyridine rings is 1. The van der Waals surface area contributed by atoms with Gasteiger partial charge in [0, 0.05) is 24.8 Å². The van der Waals surface area contributed by atoms with E-state index >= 15 is 0 Å². The minimum atomic E-state index is 0.608. The lowest BCUT2D eigenvalue weighted by atomic mass is 10.1. The van der Waals surface area contributed by atoms with E-state index in [9.17, 15) is 0 Å². The molecule has 0 atom stereocenters. The lowest BCUT2D eigenvalue weighted by Crippen LogP contribution is -2.36. The normalized spacial score (nSPS) is 11.2. The van der Waals surface area contributed by atoms with E-state index < -0.39 is 0 Å².